The predicted octanol–water partition coefficient (Wildman–Crippen LogP) is 3.06. The molecule has 4 heteroatoms. The third-order valence-corrected chi connectivity index (χ3v) is 2.88. The highest BCUT2D eigenvalue weighted by Gasteiger charge is 2.05. The summed E-state index contributed by atoms with van der Waals surface area (Å²) in [6.07, 6.45) is 1.57. The Morgan fingerprint density at radius 3 is 2.42 bits per heavy atom. The Labute approximate surface area is 111 Å². The van der Waals surface area contributed by atoms with E-state index in [9.17, 15) is 9.18 Å². The maximum atomic E-state index is 12.8. The number of benzene rings is 1. The molecule has 0 saturated heterocycles. The summed E-state index contributed by atoms with van der Waals surface area (Å²) >= 11 is 0. The number of rotatable bonds is 4. The number of hydrogen-bond acceptors (Lipinski definition) is 3. The van der Waals surface area contributed by atoms with Crippen LogP contribution < -0.4 is 4.90 Å². The quantitative estimate of drug-likeness (QED) is 0.790. The number of aromatic nitrogens is 1. The van der Waals surface area contributed by atoms with Gasteiger partial charge in [0.05, 0.1) is 0 Å². The molecule has 98 valence electrons. The minimum absolute atomic E-state index is 0.000220. The van der Waals surface area contributed by atoms with E-state index in [-0.39, 0.29) is 11.6 Å². The van der Waals surface area contributed by atoms with E-state index in [1.54, 1.807) is 30.5 Å². The van der Waals surface area contributed by atoms with Gasteiger partial charge in [-0.05, 0) is 36.8 Å². The van der Waals surface area contributed by atoms with Crippen molar-refractivity contribution in [1.82, 2.24) is 4.98 Å². The van der Waals surface area contributed by atoms with Crippen LogP contribution in [0.3, 0.4) is 0 Å². The van der Waals surface area contributed by atoms with Crippen molar-refractivity contribution in [2.75, 3.05) is 11.9 Å². The first-order valence-corrected chi connectivity index (χ1v) is 5.99. The van der Waals surface area contributed by atoms with Gasteiger partial charge in [-0.2, -0.15) is 0 Å². The molecular weight excluding hydrogens is 243 g/mol. The zero-order valence-corrected chi connectivity index (χ0v) is 10.9. The summed E-state index contributed by atoms with van der Waals surface area (Å²) < 4.78 is 12.8. The van der Waals surface area contributed by atoms with Gasteiger partial charge < -0.3 is 4.90 Å². The smallest absolute Gasteiger partial charge is 0.161 e. The Bertz CT molecular complexity index is 564. The molecule has 0 unspecified atom stereocenters. The van der Waals surface area contributed by atoms with Crippen LogP contribution in [0.4, 0.5) is 10.2 Å². The third kappa shape index (κ3) is 3.37. The van der Waals surface area contributed by atoms with E-state index in [2.05, 4.69) is 4.98 Å². The van der Waals surface area contributed by atoms with Crippen LogP contribution in [0, 0.1) is 5.82 Å². The third-order valence-electron chi connectivity index (χ3n) is 2.88. The number of carbonyl (C=O) groups is 1. The Kier molecular flexibility index (Phi) is 3.90. The van der Waals surface area contributed by atoms with Crippen molar-refractivity contribution in [3.8, 4) is 0 Å². The van der Waals surface area contributed by atoms with Crippen molar-refractivity contribution in [3.63, 3.8) is 0 Å². The number of nitrogens with zero attached hydrogens (tertiary/aromatic N) is 2. The molecule has 1 heterocycles. The van der Waals surface area contributed by atoms with Crippen LogP contribution in [-0.4, -0.2) is 17.8 Å². The molecule has 0 aliphatic heterocycles. The van der Waals surface area contributed by atoms with Crippen molar-refractivity contribution in [2.45, 2.75) is 13.5 Å². The number of carbonyl (C=O) groups excluding carboxylic acids is 1. The average molecular weight is 258 g/mol. The molecule has 0 N–H and O–H groups in total. The van der Waals surface area contributed by atoms with E-state index in [0.717, 1.165) is 11.4 Å². The number of Topliss-reactive ketones (excluding diaryl/α,β-unsaturated/α-hetero) is 1. The van der Waals surface area contributed by atoms with E-state index in [0.29, 0.717) is 12.1 Å². The lowest BCUT2D eigenvalue weighted by atomic mass is 10.2. The minimum atomic E-state index is -0.240. The minimum Gasteiger partial charge on any atom is -0.355 e. The number of anilines is 1. The van der Waals surface area contributed by atoms with Gasteiger partial charge in [0.1, 0.15) is 11.6 Å². The molecule has 0 amide bonds. The zero-order valence-electron chi connectivity index (χ0n) is 10.9. The molecule has 0 radical (unpaired) electrons. The maximum absolute atomic E-state index is 12.8. The molecule has 2 aromatic rings. The second kappa shape index (κ2) is 5.61. The molecule has 0 aliphatic carbocycles. The Hall–Kier alpha value is -2.23. The topological polar surface area (TPSA) is 33.2 Å². The largest absolute Gasteiger partial charge is 0.355 e. The summed E-state index contributed by atoms with van der Waals surface area (Å²) in [5, 5.41) is 0. The van der Waals surface area contributed by atoms with Crippen molar-refractivity contribution >= 4 is 11.6 Å². The molecule has 3 nitrogen and oxygen atoms in total. The summed E-state index contributed by atoms with van der Waals surface area (Å²) in [5.41, 5.74) is 1.60. The van der Waals surface area contributed by atoms with Gasteiger partial charge >= 0.3 is 0 Å². The lowest BCUT2D eigenvalue weighted by molar-refractivity contribution is 0.101. The second-order valence-electron chi connectivity index (χ2n) is 4.44. The van der Waals surface area contributed by atoms with Gasteiger partial charge in [-0.25, -0.2) is 9.37 Å². The van der Waals surface area contributed by atoms with Crippen LogP contribution in [0.5, 0.6) is 0 Å². The predicted molar refractivity (Wildman–Crippen MR) is 72.7 cm³/mol. The van der Waals surface area contributed by atoms with Crippen molar-refractivity contribution < 1.29 is 9.18 Å². The summed E-state index contributed by atoms with van der Waals surface area (Å²) in [6.45, 7) is 2.14. The molecule has 1 aromatic heterocycles. The summed E-state index contributed by atoms with van der Waals surface area (Å²) in [6, 6.07) is 9.93. The SMILES string of the molecule is CC(=O)c1ccc(N(C)Cc2ccc(F)cc2)nc1. The van der Waals surface area contributed by atoms with Gasteiger partial charge in [-0.15, -0.1) is 0 Å². The van der Waals surface area contributed by atoms with Crippen LogP contribution in [0.1, 0.15) is 22.8 Å². The lowest BCUT2D eigenvalue weighted by Gasteiger charge is -2.18. The van der Waals surface area contributed by atoms with Gasteiger partial charge in [-0.3, -0.25) is 4.79 Å². The molecule has 0 fully saturated rings. The average Bonchev–Trinajstić information content (AvgIpc) is 2.41. The summed E-state index contributed by atoms with van der Waals surface area (Å²) in [4.78, 5) is 17.3. The van der Waals surface area contributed by atoms with Gasteiger partial charge in [0, 0.05) is 25.4 Å². The van der Waals surface area contributed by atoms with E-state index in [1.165, 1.54) is 19.1 Å². The van der Waals surface area contributed by atoms with Gasteiger partial charge in [0.2, 0.25) is 0 Å². The van der Waals surface area contributed by atoms with E-state index in [1.807, 2.05) is 11.9 Å². The van der Waals surface area contributed by atoms with Crippen LogP contribution >= 0.6 is 0 Å². The highest BCUT2D eigenvalue weighted by atomic mass is 19.1. The van der Waals surface area contributed by atoms with Crippen LogP contribution in [0.2, 0.25) is 0 Å². The van der Waals surface area contributed by atoms with Gasteiger partial charge in [0.25, 0.3) is 0 Å². The number of hydrogen-bond donors (Lipinski definition) is 0. The molecule has 2 rings (SSSR count). The van der Waals surface area contributed by atoms with Crippen molar-refractivity contribution in [2.24, 2.45) is 0 Å². The molecular formula is C15H15FN2O. The van der Waals surface area contributed by atoms with Crippen LogP contribution in [-0.2, 0) is 6.54 Å². The van der Waals surface area contributed by atoms with Crippen LogP contribution in [0.25, 0.3) is 0 Å². The molecule has 1 aromatic carbocycles. The molecule has 0 aliphatic rings. The summed E-state index contributed by atoms with van der Waals surface area (Å²) in [5.74, 6) is 0.532. The highest BCUT2D eigenvalue weighted by molar-refractivity contribution is 5.93. The first-order valence-electron chi connectivity index (χ1n) is 5.99. The number of ketones is 1. The molecule has 0 atom stereocenters. The Morgan fingerprint density at radius 1 is 1.21 bits per heavy atom. The maximum Gasteiger partial charge on any atom is 0.161 e. The normalized spacial score (nSPS) is 10.3. The Morgan fingerprint density at radius 2 is 1.89 bits per heavy atom. The fraction of sp³-hybridized carbons (Fsp3) is 0.200. The second-order valence-corrected chi connectivity index (χ2v) is 4.44. The van der Waals surface area contributed by atoms with Crippen molar-refractivity contribution in [3.05, 3.63) is 59.5 Å². The molecule has 0 saturated carbocycles. The Balaban J connectivity index is 2.09. The van der Waals surface area contributed by atoms with Crippen LogP contribution in [0.15, 0.2) is 42.6 Å². The van der Waals surface area contributed by atoms with Gasteiger partial charge in [0.15, 0.2) is 5.78 Å². The standard InChI is InChI=1S/C15H15FN2O/c1-11(19)13-5-8-15(17-9-13)18(2)10-12-3-6-14(16)7-4-12/h3-9H,10H2,1-2H3. The molecule has 0 bridgehead atoms. The molecule has 19 heavy (non-hydrogen) atoms. The first-order chi connectivity index (χ1) is 9.06. The van der Waals surface area contributed by atoms with Gasteiger partial charge in [-0.1, -0.05) is 12.1 Å². The van der Waals surface area contributed by atoms with E-state index in [4.69, 9.17) is 0 Å². The summed E-state index contributed by atoms with van der Waals surface area (Å²) in [7, 11) is 1.90. The zero-order chi connectivity index (χ0) is 13.8. The van der Waals surface area contributed by atoms with E-state index >= 15 is 0 Å². The molecule has 0 spiro atoms. The number of halogens is 1. The van der Waals surface area contributed by atoms with Crippen molar-refractivity contribution in [1.29, 1.82) is 0 Å². The highest BCUT2D eigenvalue weighted by Crippen LogP contribution is 2.13. The van der Waals surface area contributed by atoms with E-state index < -0.39 is 0 Å². The monoisotopic (exact) mass is 258 g/mol. The first kappa shape index (κ1) is 13.2. The lowest BCUT2D eigenvalue weighted by Crippen LogP contribution is -2.17. The fourth-order valence-corrected chi connectivity index (χ4v) is 1.76. The fourth-order valence-electron chi connectivity index (χ4n) is 1.76. The number of pyridine rings is 1.